The molecule has 0 radical (unpaired) electrons. The van der Waals surface area contributed by atoms with Gasteiger partial charge in [0.1, 0.15) is 30.6 Å². The average molecular weight is 534 g/mol. The summed E-state index contributed by atoms with van der Waals surface area (Å²) in [6.07, 6.45) is -1.07. The molecule has 0 fully saturated rings. The number of hydrogen-bond donors (Lipinski definition) is 1. The third-order valence-corrected chi connectivity index (χ3v) is 6.04. The number of ether oxygens (including phenoxy) is 4. The molecule has 0 bridgehead atoms. The fraction of sp³-hybridized carbons (Fsp3) is 0.241. The van der Waals surface area contributed by atoms with Gasteiger partial charge in [-0.25, -0.2) is 14.4 Å². The smallest absolute Gasteiger partial charge is 0.408 e. The van der Waals surface area contributed by atoms with Crippen LogP contribution in [0.15, 0.2) is 75.9 Å². The van der Waals surface area contributed by atoms with E-state index in [1.54, 1.807) is 49.6 Å². The van der Waals surface area contributed by atoms with Crippen molar-refractivity contribution < 1.29 is 37.7 Å². The third-order valence-electron chi connectivity index (χ3n) is 6.04. The number of esters is 2. The molecule has 0 unspecified atom stereocenters. The van der Waals surface area contributed by atoms with Crippen molar-refractivity contribution in [2.75, 3.05) is 14.2 Å². The molecule has 39 heavy (non-hydrogen) atoms. The molecule has 202 valence electrons. The van der Waals surface area contributed by atoms with Gasteiger partial charge < -0.3 is 28.7 Å². The fourth-order valence-corrected chi connectivity index (χ4v) is 4.06. The predicted octanol–water partition coefficient (Wildman–Crippen LogP) is 4.25. The minimum absolute atomic E-state index is 0.00619. The number of fused-ring (bicyclic) bond motifs is 3. The number of nitrogens with one attached hydrogen (secondary N) is 1. The Morgan fingerprint density at radius 3 is 2.44 bits per heavy atom. The van der Waals surface area contributed by atoms with Gasteiger partial charge in [-0.1, -0.05) is 42.5 Å². The highest BCUT2D eigenvalue weighted by atomic mass is 16.6. The summed E-state index contributed by atoms with van der Waals surface area (Å²) in [5.74, 6) is -0.765. The quantitative estimate of drug-likeness (QED) is 0.138. The molecule has 1 amide bonds. The van der Waals surface area contributed by atoms with Crippen LogP contribution in [0.1, 0.15) is 24.0 Å². The zero-order valence-corrected chi connectivity index (χ0v) is 21.4. The van der Waals surface area contributed by atoms with Crippen LogP contribution >= 0.6 is 0 Å². The highest BCUT2D eigenvalue weighted by Gasteiger charge is 2.25. The Labute approximate surface area is 223 Å². The Balaban J connectivity index is 1.53. The number of amides is 1. The van der Waals surface area contributed by atoms with E-state index in [-0.39, 0.29) is 26.1 Å². The first kappa shape index (κ1) is 27.2. The van der Waals surface area contributed by atoms with Crippen LogP contribution in [0.4, 0.5) is 4.79 Å². The highest BCUT2D eigenvalue weighted by molar-refractivity contribution is 6.07. The van der Waals surface area contributed by atoms with Crippen molar-refractivity contribution in [3.63, 3.8) is 0 Å². The Bertz CT molecular complexity index is 1550. The molecule has 0 saturated heterocycles. The second-order valence-corrected chi connectivity index (χ2v) is 8.60. The summed E-state index contributed by atoms with van der Waals surface area (Å²) in [5, 5.41) is 4.65. The summed E-state index contributed by atoms with van der Waals surface area (Å²) in [6.45, 7) is -0.291. The van der Waals surface area contributed by atoms with E-state index in [0.717, 1.165) is 16.3 Å². The van der Waals surface area contributed by atoms with E-state index in [4.69, 9.17) is 18.6 Å². The summed E-state index contributed by atoms with van der Waals surface area (Å²) in [5.41, 5.74) is 0.881. The van der Waals surface area contributed by atoms with Gasteiger partial charge in [-0.2, -0.15) is 0 Å². The summed E-state index contributed by atoms with van der Waals surface area (Å²) >= 11 is 0. The largest absolute Gasteiger partial charge is 0.497 e. The number of carbonyl (C=O) groups excluding carboxylic acids is 3. The lowest BCUT2D eigenvalue weighted by molar-refractivity contribution is -0.148. The molecule has 0 spiro atoms. The Hall–Kier alpha value is -4.86. The number of benzene rings is 3. The first-order chi connectivity index (χ1) is 18.9. The summed E-state index contributed by atoms with van der Waals surface area (Å²) in [7, 11) is 2.77. The lowest BCUT2D eigenvalue weighted by atomic mass is 10.0. The van der Waals surface area contributed by atoms with Gasteiger partial charge in [0.2, 0.25) is 0 Å². The number of alkyl carbamates (subject to hydrolysis) is 1. The molecule has 1 atom stereocenters. The van der Waals surface area contributed by atoms with E-state index < -0.39 is 29.7 Å². The summed E-state index contributed by atoms with van der Waals surface area (Å²) in [6, 6.07) is 18.0. The molecule has 1 N–H and O–H groups in total. The molecule has 1 aromatic heterocycles. The van der Waals surface area contributed by atoms with Crippen molar-refractivity contribution in [2.45, 2.75) is 32.1 Å². The molecule has 3 aromatic carbocycles. The zero-order valence-electron chi connectivity index (χ0n) is 21.4. The highest BCUT2D eigenvalue weighted by Crippen LogP contribution is 2.30. The maximum absolute atomic E-state index is 13.0. The van der Waals surface area contributed by atoms with Gasteiger partial charge in [-0.05, 0) is 41.0 Å². The summed E-state index contributed by atoms with van der Waals surface area (Å²) < 4.78 is 26.1. The Morgan fingerprint density at radius 1 is 0.923 bits per heavy atom. The minimum Gasteiger partial charge on any atom is -0.497 e. The zero-order chi connectivity index (χ0) is 27.8. The molecule has 0 saturated carbocycles. The van der Waals surface area contributed by atoms with E-state index in [1.807, 2.05) is 18.2 Å². The average Bonchev–Trinajstić information content (AvgIpc) is 2.96. The van der Waals surface area contributed by atoms with Crippen molar-refractivity contribution in [1.82, 2.24) is 5.32 Å². The van der Waals surface area contributed by atoms with Crippen molar-refractivity contribution in [2.24, 2.45) is 0 Å². The first-order valence-electron chi connectivity index (χ1n) is 12.1. The van der Waals surface area contributed by atoms with Gasteiger partial charge in [-0.3, -0.25) is 4.79 Å². The van der Waals surface area contributed by atoms with E-state index in [1.165, 1.54) is 13.2 Å². The van der Waals surface area contributed by atoms with Crippen molar-refractivity contribution in [1.29, 1.82) is 0 Å². The molecule has 4 rings (SSSR count). The monoisotopic (exact) mass is 533 g/mol. The molecule has 1 heterocycles. The standard InChI is InChI=1S/C29H27NO9/c1-35-21-10-8-19-9-12-24-27(22(19)15-21)20(14-26(32)39-24)17-37-28(33)23(11-13-25(31)36-2)30-29(34)38-16-18-6-4-3-5-7-18/h3-10,12,14-15,23H,11,13,16-17H2,1-2H3,(H,30,34)/t23-/m0/s1. The van der Waals surface area contributed by atoms with Gasteiger partial charge >= 0.3 is 23.7 Å². The molecule has 10 nitrogen and oxygen atoms in total. The predicted molar refractivity (Wildman–Crippen MR) is 141 cm³/mol. The van der Waals surface area contributed by atoms with Crippen LogP contribution in [0.5, 0.6) is 5.75 Å². The Morgan fingerprint density at radius 2 is 1.69 bits per heavy atom. The van der Waals surface area contributed by atoms with Crippen LogP contribution in [-0.4, -0.2) is 38.3 Å². The van der Waals surface area contributed by atoms with E-state index in [9.17, 15) is 19.2 Å². The van der Waals surface area contributed by atoms with Crippen LogP contribution < -0.4 is 15.7 Å². The van der Waals surface area contributed by atoms with Crippen molar-refractivity contribution >= 4 is 39.8 Å². The van der Waals surface area contributed by atoms with Gasteiger partial charge in [0.15, 0.2) is 0 Å². The van der Waals surface area contributed by atoms with E-state index in [0.29, 0.717) is 22.3 Å². The van der Waals surface area contributed by atoms with Crippen LogP contribution in [-0.2, 0) is 37.0 Å². The number of hydrogen-bond acceptors (Lipinski definition) is 9. The molecule has 4 aromatic rings. The molecule has 0 aliphatic heterocycles. The third kappa shape index (κ3) is 6.92. The second kappa shape index (κ2) is 12.6. The number of carbonyl (C=O) groups is 3. The first-order valence-corrected chi connectivity index (χ1v) is 12.1. The van der Waals surface area contributed by atoms with Crippen molar-refractivity contribution in [3.05, 3.63) is 88.3 Å². The SMILES string of the molecule is COC(=O)CC[C@H](NC(=O)OCc1ccccc1)C(=O)OCc1cc(=O)oc2ccc3ccc(OC)cc3c12. The fourth-order valence-electron chi connectivity index (χ4n) is 4.06. The van der Waals surface area contributed by atoms with Gasteiger partial charge in [0.05, 0.1) is 14.2 Å². The molecule has 10 heteroatoms. The number of rotatable bonds is 10. The van der Waals surface area contributed by atoms with Gasteiger partial charge in [-0.15, -0.1) is 0 Å². The van der Waals surface area contributed by atoms with Crippen molar-refractivity contribution in [3.8, 4) is 5.75 Å². The van der Waals surface area contributed by atoms with E-state index >= 15 is 0 Å². The van der Waals surface area contributed by atoms with Crippen LogP contribution in [0.3, 0.4) is 0 Å². The van der Waals surface area contributed by atoms with Gasteiger partial charge in [0, 0.05) is 23.4 Å². The minimum atomic E-state index is -1.20. The Kier molecular flexibility index (Phi) is 8.78. The van der Waals surface area contributed by atoms with Gasteiger partial charge in [0.25, 0.3) is 0 Å². The second-order valence-electron chi connectivity index (χ2n) is 8.60. The lowest BCUT2D eigenvalue weighted by Crippen LogP contribution is -2.42. The van der Waals surface area contributed by atoms with Crippen LogP contribution in [0.25, 0.3) is 21.7 Å². The number of methoxy groups -OCH3 is 2. The molecule has 0 aliphatic rings. The topological polar surface area (TPSA) is 130 Å². The molecular formula is C29H27NO9. The maximum atomic E-state index is 13.0. The normalized spacial score (nSPS) is 11.5. The maximum Gasteiger partial charge on any atom is 0.408 e. The van der Waals surface area contributed by atoms with Crippen LogP contribution in [0.2, 0.25) is 0 Å². The molecule has 0 aliphatic carbocycles. The van der Waals surface area contributed by atoms with Crippen LogP contribution in [0, 0.1) is 0 Å². The summed E-state index contributed by atoms with van der Waals surface area (Å²) in [4.78, 5) is 49.4. The lowest BCUT2D eigenvalue weighted by Gasteiger charge is -2.18. The molecular weight excluding hydrogens is 506 g/mol. The van der Waals surface area contributed by atoms with E-state index in [2.05, 4.69) is 10.1 Å².